The van der Waals surface area contributed by atoms with E-state index in [-0.39, 0.29) is 21.5 Å². The Hall–Kier alpha value is -4.94. The molecule has 4 aliphatic heterocycles. The van der Waals surface area contributed by atoms with Crippen molar-refractivity contribution in [3.05, 3.63) is 133 Å². The van der Waals surface area contributed by atoms with Crippen molar-refractivity contribution in [1.29, 1.82) is 0 Å². The molecule has 0 radical (unpaired) electrons. The molecule has 0 saturated carbocycles. The standard InChI is InChI=1S/C36H24B4N2O3.CH4/c43-37-31-19-5-1-11-23(31)27-15-9-16-28(35(27)41-37)24-12-4-8-22-34(24)40-44-38-32-20-6-2-13-25(32)29-17-10-18-30-26-14-3-7-21-33(26)39(45-40)42(38)36(29)30;/h1-22,41,43H;1H4. The predicted molar refractivity (Wildman–Crippen MR) is 193 cm³/mol. The molecule has 216 valence electrons. The van der Waals surface area contributed by atoms with E-state index in [9.17, 15) is 5.02 Å². The molecule has 1 fully saturated rings. The Balaban J connectivity index is 0.00000292. The number of nitrogens with zero attached hydrogens (tertiary/aromatic N) is 1. The summed E-state index contributed by atoms with van der Waals surface area (Å²) in [6.07, 6.45) is 0. The van der Waals surface area contributed by atoms with Crippen molar-refractivity contribution >= 4 is 61.5 Å². The first-order chi connectivity index (χ1) is 22.3. The molecular weight excluding hydrogens is 564 g/mol. The van der Waals surface area contributed by atoms with Gasteiger partial charge in [-0.05, 0) is 44.1 Å². The summed E-state index contributed by atoms with van der Waals surface area (Å²) in [5, 5.41) is 14.5. The summed E-state index contributed by atoms with van der Waals surface area (Å²) in [7, 11) is -2.12. The molecule has 46 heavy (non-hydrogen) atoms. The van der Waals surface area contributed by atoms with E-state index in [0.29, 0.717) is 0 Å². The predicted octanol–water partition coefficient (Wildman–Crippen LogP) is 4.77. The molecule has 9 heteroatoms. The molecule has 0 atom stereocenters. The number of hydrogen-bond donors (Lipinski definition) is 2. The Bertz CT molecular complexity index is 2120. The topological polar surface area (TPSA) is 54.0 Å². The Morgan fingerprint density at radius 1 is 0.457 bits per heavy atom. The molecule has 6 aromatic carbocycles. The third-order valence-electron chi connectivity index (χ3n) is 9.73. The third-order valence-corrected chi connectivity index (χ3v) is 9.73. The van der Waals surface area contributed by atoms with Gasteiger partial charge in [0.05, 0.1) is 0 Å². The van der Waals surface area contributed by atoms with Crippen LogP contribution in [0.5, 0.6) is 0 Å². The van der Waals surface area contributed by atoms with Crippen molar-refractivity contribution in [1.82, 2.24) is 0 Å². The van der Waals surface area contributed by atoms with Crippen LogP contribution in [0, 0.1) is 0 Å². The fourth-order valence-corrected chi connectivity index (χ4v) is 7.82. The average molecular weight is 592 g/mol. The molecule has 0 bridgehead atoms. The summed E-state index contributed by atoms with van der Waals surface area (Å²) < 4.78 is 16.4. The highest BCUT2D eigenvalue weighted by atomic mass is 16.6. The maximum Gasteiger partial charge on any atom is 0.466 e. The van der Waals surface area contributed by atoms with Crippen LogP contribution in [0.1, 0.15) is 7.43 Å². The normalized spacial score (nSPS) is 14.7. The third kappa shape index (κ3) is 3.74. The van der Waals surface area contributed by atoms with Gasteiger partial charge >= 0.3 is 28.3 Å². The molecule has 6 aromatic rings. The molecular formula is C37H28B4N2O3. The Kier molecular flexibility index (Phi) is 6.13. The second-order valence-corrected chi connectivity index (χ2v) is 12.0. The van der Waals surface area contributed by atoms with Gasteiger partial charge in [-0.1, -0.05) is 141 Å². The van der Waals surface area contributed by atoms with Crippen LogP contribution in [-0.2, 0) is 9.14 Å². The van der Waals surface area contributed by atoms with E-state index in [1.54, 1.807) is 0 Å². The molecule has 5 nitrogen and oxygen atoms in total. The molecule has 0 aromatic heterocycles. The number of hydrogen-bond acceptors (Lipinski definition) is 5. The molecule has 2 N–H and O–H groups in total. The SMILES string of the molecule is C.OB1Nc2c(cccc2-c2ccccc2B2OB3c4ccccc4-c4cccc5c4N3B(O2)c2ccccc2-5)-c2ccccc21. The van der Waals surface area contributed by atoms with Gasteiger partial charge in [0.15, 0.2) is 0 Å². The molecule has 0 amide bonds. The molecule has 1 saturated heterocycles. The van der Waals surface area contributed by atoms with Gasteiger partial charge < -0.3 is 24.1 Å². The first-order valence-corrected chi connectivity index (χ1v) is 15.4. The second-order valence-electron chi connectivity index (χ2n) is 12.0. The van der Waals surface area contributed by atoms with Crippen molar-refractivity contribution in [3.63, 3.8) is 0 Å². The van der Waals surface area contributed by atoms with Gasteiger partial charge in [-0.3, -0.25) is 0 Å². The number of nitrogens with one attached hydrogen (secondary N) is 1. The minimum atomic E-state index is -0.801. The minimum absolute atomic E-state index is 0. The van der Waals surface area contributed by atoms with Crippen LogP contribution in [0.4, 0.5) is 11.4 Å². The van der Waals surface area contributed by atoms with Crippen LogP contribution >= 0.6 is 0 Å². The maximum atomic E-state index is 11.1. The van der Waals surface area contributed by atoms with E-state index in [2.05, 4.69) is 119 Å². The number of fused-ring (bicyclic) bond motifs is 9. The van der Waals surface area contributed by atoms with Gasteiger partial charge in [-0.2, -0.15) is 0 Å². The monoisotopic (exact) mass is 592 g/mol. The highest BCUT2D eigenvalue weighted by molar-refractivity contribution is 7.00. The summed E-state index contributed by atoms with van der Waals surface area (Å²) in [5.74, 6) is 0. The van der Waals surface area contributed by atoms with Crippen LogP contribution < -0.4 is 31.8 Å². The highest BCUT2D eigenvalue weighted by Crippen LogP contribution is 2.46. The lowest BCUT2D eigenvalue weighted by Crippen LogP contribution is -2.74. The van der Waals surface area contributed by atoms with E-state index in [4.69, 9.17) is 9.14 Å². The molecule has 0 unspecified atom stereocenters. The number of rotatable bonds is 2. The molecule has 4 heterocycles. The maximum absolute atomic E-state index is 11.1. The van der Waals surface area contributed by atoms with Gasteiger partial charge in [0.2, 0.25) is 0 Å². The number of anilines is 2. The van der Waals surface area contributed by atoms with Crippen LogP contribution in [0.25, 0.3) is 44.5 Å². The van der Waals surface area contributed by atoms with Crippen LogP contribution in [0.2, 0.25) is 0 Å². The van der Waals surface area contributed by atoms with E-state index in [0.717, 1.165) is 55.5 Å². The molecule has 4 aliphatic rings. The lowest BCUT2D eigenvalue weighted by molar-refractivity contribution is 0.437. The molecule has 0 spiro atoms. The van der Waals surface area contributed by atoms with Gasteiger partial charge in [-0.25, -0.2) is 0 Å². The van der Waals surface area contributed by atoms with Crippen molar-refractivity contribution in [2.75, 3.05) is 9.95 Å². The lowest BCUT2D eigenvalue weighted by atomic mass is 9.47. The Morgan fingerprint density at radius 3 is 1.39 bits per heavy atom. The quantitative estimate of drug-likeness (QED) is 0.284. The molecule has 10 rings (SSSR count). The average Bonchev–Trinajstić information content (AvgIpc) is 3.11. The first-order valence-electron chi connectivity index (χ1n) is 15.4. The second kappa shape index (κ2) is 10.3. The van der Waals surface area contributed by atoms with Gasteiger partial charge in [0, 0.05) is 33.6 Å². The van der Waals surface area contributed by atoms with E-state index >= 15 is 0 Å². The van der Waals surface area contributed by atoms with Gasteiger partial charge in [-0.15, -0.1) is 0 Å². The lowest BCUT2D eigenvalue weighted by Gasteiger charge is -2.49. The van der Waals surface area contributed by atoms with Gasteiger partial charge in [0.25, 0.3) is 0 Å². The van der Waals surface area contributed by atoms with Crippen LogP contribution in [-0.4, -0.2) is 33.3 Å². The zero-order chi connectivity index (χ0) is 29.6. The summed E-state index contributed by atoms with van der Waals surface area (Å²) in [4.78, 5) is 0. The van der Waals surface area contributed by atoms with E-state index in [1.807, 2.05) is 24.3 Å². The fraction of sp³-hybridized carbons (Fsp3) is 0.0270. The number of benzene rings is 6. The summed E-state index contributed by atoms with van der Waals surface area (Å²) in [6.45, 7) is 0. The molecule has 0 aliphatic carbocycles. The zero-order valence-electron chi connectivity index (χ0n) is 24.2. The first kappa shape index (κ1) is 27.4. The van der Waals surface area contributed by atoms with Gasteiger partial charge in [0.1, 0.15) is 0 Å². The van der Waals surface area contributed by atoms with Crippen molar-refractivity contribution in [3.8, 4) is 44.5 Å². The highest BCUT2D eigenvalue weighted by Gasteiger charge is 2.54. The summed E-state index contributed by atoms with van der Waals surface area (Å²) >= 11 is 0. The van der Waals surface area contributed by atoms with E-state index < -0.39 is 14.2 Å². The van der Waals surface area contributed by atoms with Crippen molar-refractivity contribution in [2.24, 2.45) is 0 Å². The minimum Gasteiger partial charge on any atom is -0.450 e. The zero-order valence-corrected chi connectivity index (χ0v) is 24.2. The summed E-state index contributed by atoms with van der Waals surface area (Å²) in [6, 6.07) is 46.3. The Morgan fingerprint density at radius 2 is 0.848 bits per heavy atom. The Labute approximate surface area is 270 Å². The van der Waals surface area contributed by atoms with E-state index in [1.165, 1.54) is 22.3 Å². The number of para-hydroxylation sites is 2. The van der Waals surface area contributed by atoms with Crippen LogP contribution in [0.15, 0.2) is 133 Å². The summed E-state index contributed by atoms with van der Waals surface area (Å²) in [5.41, 5.74) is 15.0. The van der Waals surface area contributed by atoms with Crippen molar-refractivity contribution < 1.29 is 14.2 Å². The fourth-order valence-electron chi connectivity index (χ4n) is 7.82. The van der Waals surface area contributed by atoms with Crippen molar-refractivity contribution in [2.45, 2.75) is 7.43 Å². The smallest absolute Gasteiger partial charge is 0.450 e. The largest absolute Gasteiger partial charge is 0.466 e. The van der Waals surface area contributed by atoms with Crippen LogP contribution in [0.3, 0.4) is 0 Å².